The van der Waals surface area contributed by atoms with Gasteiger partial charge in [0.2, 0.25) is 6.10 Å². The molecule has 3 nitrogen and oxygen atoms in total. The van der Waals surface area contributed by atoms with Crippen molar-refractivity contribution in [1.82, 2.24) is 0 Å². The Hall–Kier alpha value is -3.07. The van der Waals surface area contributed by atoms with Gasteiger partial charge in [-0.2, -0.15) is 0 Å². The lowest BCUT2D eigenvalue weighted by molar-refractivity contribution is -0.142. The molecule has 3 aromatic carbocycles. The van der Waals surface area contributed by atoms with Crippen LogP contribution in [0.1, 0.15) is 17.2 Å². The van der Waals surface area contributed by atoms with E-state index >= 15 is 0 Å². The third kappa shape index (κ3) is 4.02. The molecule has 3 heteroatoms. The van der Waals surface area contributed by atoms with Crippen molar-refractivity contribution in [2.24, 2.45) is 0 Å². The lowest BCUT2D eigenvalue weighted by Crippen LogP contribution is -2.23. The first-order valence-corrected chi connectivity index (χ1v) is 7.77. The minimum atomic E-state index is -0.826. The maximum absolute atomic E-state index is 12.7. The van der Waals surface area contributed by atoms with Crippen molar-refractivity contribution in [2.45, 2.75) is 13.0 Å². The van der Waals surface area contributed by atoms with Gasteiger partial charge >= 0.3 is 5.97 Å². The fraction of sp³-hybridized carbons (Fsp3) is 0.0952. The quantitative estimate of drug-likeness (QED) is 0.504. The van der Waals surface area contributed by atoms with Gasteiger partial charge in [0.05, 0.1) is 0 Å². The zero-order chi connectivity index (χ0) is 16.8. The molecule has 0 aliphatic heterocycles. The summed E-state index contributed by atoms with van der Waals surface area (Å²) >= 11 is 0. The number of hydrogen-bond donors (Lipinski definition) is 0. The summed E-state index contributed by atoms with van der Waals surface area (Å²) in [5.41, 5.74) is 1.87. The van der Waals surface area contributed by atoms with E-state index in [9.17, 15) is 4.79 Å². The summed E-state index contributed by atoms with van der Waals surface area (Å²) < 4.78 is 11.4. The molecule has 120 valence electrons. The zero-order valence-corrected chi connectivity index (χ0v) is 13.4. The first kappa shape index (κ1) is 15.8. The summed E-state index contributed by atoms with van der Waals surface area (Å²) in [6.45, 7) is 2.00. The molecule has 0 radical (unpaired) electrons. The van der Waals surface area contributed by atoms with Gasteiger partial charge in [-0.3, -0.25) is 0 Å². The topological polar surface area (TPSA) is 35.5 Å². The molecule has 0 N–H and O–H groups in total. The smallest absolute Gasteiger partial charge is 0.357 e. The SMILES string of the molecule is Cc1ccc(C(Oc2ccccc2)C(=O)Oc2ccccc2)cc1. The van der Waals surface area contributed by atoms with Gasteiger partial charge in [-0.1, -0.05) is 66.2 Å². The van der Waals surface area contributed by atoms with E-state index in [4.69, 9.17) is 9.47 Å². The first-order valence-electron chi connectivity index (χ1n) is 7.77. The molecule has 0 aliphatic rings. The second-order valence-corrected chi connectivity index (χ2v) is 5.46. The number of aryl methyl sites for hydroxylation is 1. The number of esters is 1. The Morgan fingerprint density at radius 1 is 0.750 bits per heavy atom. The Labute approximate surface area is 141 Å². The van der Waals surface area contributed by atoms with Gasteiger partial charge in [-0.05, 0) is 31.2 Å². The van der Waals surface area contributed by atoms with Gasteiger partial charge in [0.15, 0.2) is 0 Å². The summed E-state index contributed by atoms with van der Waals surface area (Å²) in [5, 5.41) is 0. The first-order chi connectivity index (χ1) is 11.7. The average molecular weight is 318 g/mol. The van der Waals surface area contributed by atoms with Crippen LogP contribution in [0.25, 0.3) is 0 Å². The fourth-order valence-electron chi connectivity index (χ4n) is 2.29. The molecule has 0 saturated heterocycles. The third-order valence-electron chi connectivity index (χ3n) is 3.55. The predicted molar refractivity (Wildman–Crippen MR) is 93.1 cm³/mol. The summed E-state index contributed by atoms with van der Waals surface area (Å²) in [6, 6.07) is 25.9. The van der Waals surface area contributed by atoms with Crippen molar-refractivity contribution in [1.29, 1.82) is 0 Å². The van der Waals surface area contributed by atoms with E-state index in [1.807, 2.05) is 79.7 Å². The Morgan fingerprint density at radius 2 is 1.29 bits per heavy atom. The minimum absolute atomic E-state index is 0.450. The highest BCUT2D eigenvalue weighted by atomic mass is 16.6. The summed E-state index contributed by atoms with van der Waals surface area (Å²) in [7, 11) is 0. The molecule has 0 saturated carbocycles. The number of ether oxygens (including phenoxy) is 2. The van der Waals surface area contributed by atoms with Crippen LogP contribution in [0.4, 0.5) is 0 Å². The minimum Gasteiger partial charge on any atom is -0.474 e. The molecule has 0 amide bonds. The molecule has 3 rings (SSSR count). The van der Waals surface area contributed by atoms with Crippen molar-refractivity contribution in [3.63, 3.8) is 0 Å². The predicted octanol–water partition coefficient (Wildman–Crippen LogP) is 4.72. The van der Waals surface area contributed by atoms with E-state index in [2.05, 4.69) is 0 Å². The lowest BCUT2D eigenvalue weighted by Gasteiger charge is -2.18. The molecule has 0 aliphatic carbocycles. The van der Waals surface area contributed by atoms with Gasteiger partial charge in [0.1, 0.15) is 11.5 Å². The van der Waals surface area contributed by atoms with E-state index < -0.39 is 12.1 Å². The van der Waals surface area contributed by atoms with Crippen molar-refractivity contribution >= 4 is 5.97 Å². The maximum Gasteiger partial charge on any atom is 0.357 e. The van der Waals surface area contributed by atoms with Crippen LogP contribution in [-0.4, -0.2) is 5.97 Å². The van der Waals surface area contributed by atoms with Crippen LogP contribution in [0, 0.1) is 6.92 Å². The van der Waals surface area contributed by atoms with E-state index in [1.54, 1.807) is 12.1 Å². The van der Waals surface area contributed by atoms with E-state index in [0.717, 1.165) is 11.1 Å². The number of carbonyl (C=O) groups is 1. The maximum atomic E-state index is 12.7. The van der Waals surface area contributed by atoms with Crippen LogP contribution in [0.5, 0.6) is 11.5 Å². The van der Waals surface area contributed by atoms with Crippen molar-refractivity contribution < 1.29 is 14.3 Å². The number of carbonyl (C=O) groups excluding carboxylic acids is 1. The van der Waals surface area contributed by atoms with Crippen molar-refractivity contribution in [3.8, 4) is 11.5 Å². The Kier molecular flexibility index (Phi) is 4.92. The van der Waals surface area contributed by atoms with Gasteiger partial charge in [0.25, 0.3) is 0 Å². The third-order valence-corrected chi connectivity index (χ3v) is 3.55. The van der Waals surface area contributed by atoms with E-state index in [-0.39, 0.29) is 0 Å². The Bertz CT molecular complexity index is 780. The fourth-order valence-corrected chi connectivity index (χ4v) is 2.29. The van der Waals surface area contributed by atoms with Crippen LogP contribution in [0.15, 0.2) is 84.9 Å². The molecule has 1 unspecified atom stereocenters. The monoisotopic (exact) mass is 318 g/mol. The Balaban J connectivity index is 1.86. The van der Waals surface area contributed by atoms with Gasteiger partial charge in [-0.15, -0.1) is 0 Å². The highest BCUT2D eigenvalue weighted by molar-refractivity contribution is 5.79. The summed E-state index contributed by atoms with van der Waals surface area (Å²) in [5.74, 6) is 0.665. The molecule has 3 aromatic rings. The second-order valence-electron chi connectivity index (χ2n) is 5.46. The summed E-state index contributed by atoms with van der Waals surface area (Å²) in [4.78, 5) is 12.7. The molecule has 0 spiro atoms. The molecule has 0 aromatic heterocycles. The molecule has 0 bridgehead atoms. The van der Waals surface area contributed by atoms with Gasteiger partial charge in [-0.25, -0.2) is 4.79 Å². The highest BCUT2D eigenvalue weighted by Gasteiger charge is 2.25. The van der Waals surface area contributed by atoms with Crippen molar-refractivity contribution in [3.05, 3.63) is 96.1 Å². The van der Waals surface area contributed by atoms with E-state index in [1.165, 1.54) is 0 Å². The molecular formula is C21H18O3. The zero-order valence-electron chi connectivity index (χ0n) is 13.4. The van der Waals surface area contributed by atoms with Crippen LogP contribution >= 0.6 is 0 Å². The van der Waals surface area contributed by atoms with Crippen molar-refractivity contribution in [2.75, 3.05) is 0 Å². The number of rotatable bonds is 5. The standard InChI is InChI=1S/C21H18O3/c1-16-12-14-17(15-13-16)20(23-18-8-4-2-5-9-18)21(22)24-19-10-6-3-7-11-19/h2-15,20H,1H3. The largest absolute Gasteiger partial charge is 0.474 e. The number of para-hydroxylation sites is 2. The van der Waals surface area contributed by atoms with Crippen LogP contribution in [0.2, 0.25) is 0 Å². The lowest BCUT2D eigenvalue weighted by atomic mass is 10.1. The number of hydrogen-bond acceptors (Lipinski definition) is 3. The normalized spacial score (nSPS) is 11.5. The van der Waals surface area contributed by atoms with E-state index in [0.29, 0.717) is 11.5 Å². The second kappa shape index (κ2) is 7.47. The van der Waals surface area contributed by atoms with Crippen LogP contribution < -0.4 is 9.47 Å². The van der Waals surface area contributed by atoms with Crippen LogP contribution in [0.3, 0.4) is 0 Å². The number of benzene rings is 3. The summed E-state index contributed by atoms with van der Waals surface area (Å²) in [6.07, 6.45) is -0.826. The molecule has 1 atom stereocenters. The van der Waals surface area contributed by atoms with Gasteiger partial charge < -0.3 is 9.47 Å². The molecule has 24 heavy (non-hydrogen) atoms. The highest BCUT2D eigenvalue weighted by Crippen LogP contribution is 2.24. The average Bonchev–Trinajstić information content (AvgIpc) is 2.62. The van der Waals surface area contributed by atoms with Gasteiger partial charge in [0, 0.05) is 5.56 Å². The Morgan fingerprint density at radius 3 is 1.88 bits per heavy atom. The van der Waals surface area contributed by atoms with Crippen LogP contribution in [-0.2, 0) is 4.79 Å². The molecule has 0 fully saturated rings. The molecule has 0 heterocycles. The molecular weight excluding hydrogens is 300 g/mol.